The van der Waals surface area contributed by atoms with E-state index < -0.39 is 0 Å². The van der Waals surface area contributed by atoms with E-state index in [0.717, 1.165) is 26.2 Å². The zero-order valence-electron chi connectivity index (χ0n) is 10.9. The predicted octanol–water partition coefficient (Wildman–Crippen LogP) is 3.68. The highest BCUT2D eigenvalue weighted by Crippen LogP contribution is 2.23. The second kappa shape index (κ2) is 8.06. The van der Waals surface area contributed by atoms with Gasteiger partial charge in [-0.15, -0.1) is 0 Å². The summed E-state index contributed by atoms with van der Waals surface area (Å²) in [7, 11) is 0. The lowest BCUT2D eigenvalue weighted by Gasteiger charge is -2.21. The van der Waals surface area contributed by atoms with Crippen LogP contribution in [0.3, 0.4) is 0 Å². The van der Waals surface area contributed by atoms with E-state index in [1.165, 1.54) is 14.7 Å². The summed E-state index contributed by atoms with van der Waals surface area (Å²) < 4.78 is 6.92. The first kappa shape index (κ1) is 14.9. The van der Waals surface area contributed by atoms with E-state index in [0.29, 0.717) is 6.04 Å². The molecule has 3 heteroatoms. The molecule has 0 saturated carbocycles. The number of hydrogen-bond donors (Lipinski definition) is 1. The lowest BCUT2D eigenvalue weighted by molar-refractivity contribution is 0.123. The topological polar surface area (TPSA) is 21.3 Å². The predicted molar refractivity (Wildman–Crippen MR) is 81.4 cm³/mol. The van der Waals surface area contributed by atoms with Crippen molar-refractivity contribution in [3.8, 4) is 0 Å². The van der Waals surface area contributed by atoms with Crippen molar-refractivity contribution in [3.63, 3.8) is 0 Å². The number of benzene rings is 1. The summed E-state index contributed by atoms with van der Waals surface area (Å²) in [5.41, 5.74) is 2.69. The first-order valence-electron chi connectivity index (χ1n) is 6.26. The van der Waals surface area contributed by atoms with Crippen LogP contribution in [0, 0.1) is 10.5 Å². The number of hydrogen-bond acceptors (Lipinski definition) is 2. The third kappa shape index (κ3) is 4.56. The summed E-state index contributed by atoms with van der Waals surface area (Å²) in [5.74, 6) is 0. The molecule has 0 aliphatic heterocycles. The summed E-state index contributed by atoms with van der Waals surface area (Å²) >= 11 is 2.43. The van der Waals surface area contributed by atoms with Gasteiger partial charge in [0.25, 0.3) is 0 Å². The smallest absolute Gasteiger partial charge is 0.0661 e. The molecular weight excluding hydrogens is 325 g/mol. The van der Waals surface area contributed by atoms with Crippen molar-refractivity contribution in [2.45, 2.75) is 33.2 Å². The Bertz CT molecular complexity index is 333. The molecule has 0 saturated heterocycles. The van der Waals surface area contributed by atoms with Crippen molar-refractivity contribution in [3.05, 3.63) is 32.9 Å². The number of rotatable bonds is 7. The van der Waals surface area contributed by atoms with Gasteiger partial charge in [0.1, 0.15) is 0 Å². The van der Waals surface area contributed by atoms with Crippen LogP contribution in [0.4, 0.5) is 0 Å². The minimum atomic E-state index is 0.307. The zero-order chi connectivity index (χ0) is 12.7. The van der Waals surface area contributed by atoms with Crippen molar-refractivity contribution < 1.29 is 4.74 Å². The summed E-state index contributed by atoms with van der Waals surface area (Å²) in [5, 5.41) is 3.56. The fraction of sp³-hybridized carbons (Fsp3) is 0.571. The quantitative estimate of drug-likeness (QED) is 0.760. The summed E-state index contributed by atoms with van der Waals surface area (Å²) in [6.07, 6.45) is 1.14. The lowest BCUT2D eigenvalue weighted by Crippen LogP contribution is -2.27. The first-order valence-corrected chi connectivity index (χ1v) is 7.34. The molecule has 0 aliphatic rings. The van der Waals surface area contributed by atoms with Crippen LogP contribution in [0.25, 0.3) is 0 Å². The van der Waals surface area contributed by atoms with Crippen LogP contribution < -0.4 is 5.32 Å². The minimum absolute atomic E-state index is 0.307. The molecule has 0 bridgehead atoms. The SMILES string of the molecule is CCCNC(COCC)c1cccc(C)c1I. The van der Waals surface area contributed by atoms with Gasteiger partial charge in [0.05, 0.1) is 12.6 Å². The standard InChI is InChI=1S/C14H22INO/c1-4-9-16-13(10-17-5-2)12-8-6-7-11(3)14(12)15/h6-8,13,16H,4-5,9-10H2,1-3H3. The third-order valence-corrected chi connectivity index (χ3v) is 4.20. The monoisotopic (exact) mass is 347 g/mol. The summed E-state index contributed by atoms with van der Waals surface area (Å²) in [6, 6.07) is 6.78. The maximum absolute atomic E-state index is 5.58. The first-order chi connectivity index (χ1) is 8.20. The molecule has 0 aromatic heterocycles. The Morgan fingerprint density at radius 1 is 1.35 bits per heavy atom. The van der Waals surface area contributed by atoms with Gasteiger partial charge in [0.15, 0.2) is 0 Å². The molecule has 96 valence electrons. The summed E-state index contributed by atoms with van der Waals surface area (Å²) in [4.78, 5) is 0. The molecule has 1 aromatic carbocycles. The van der Waals surface area contributed by atoms with E-state index in [1.807, 2.05) is 6.92 Å². The van der Waals surface area contributed by atoms with Gasteiger partial charge in [-0.3, -0.25) is 0 Å². The second-order valence-corrected chi connectivity index (χ2v) is 5.22. The zero-order valence-corrected chi connectivity index (χ0v) is 13.1. The molecule has 1 rings (SSSR count). The number of ether oxygens (including phenoxy) is 1. The molecule has 0 radical (unpaired) electrons. The van der Waals surface area contributed by atoms with Gasteiger partial charge in [-0.25, -0.2) is 0 Å². The van der Waals surface area contributed by atoms with Gasteiger partial charge in [0.2, 0.25) is 0 Å². The fourth-order valence-electron chi connectivity index (χ4n) is 1.75. The molecular formula is C14H22INO. The normalized spacial score (nSPS) is 12.7. The van der Waals surface area contributed by atoms with Crippen LogP contribution in [-0.4, -0.2) is 19.8 Å². The molecule has 0 aliphatic carbocycles. The number of aryl methyl sites for hydroxylation is 1. The number of halogens is 1. The Kier molecular flexibility index (Phi) is 7.08. The Hall–Kier alpha value is -0.130. The van der Waals surface area contributed by atoms with Gasteiger partial charge in [-0.2, -0.15) is 0 Å². The van der Waals surface area contributed by atoms with Crippen molar-refractivity contribution in [1.29, 1.82) is 0 Å². The maximum atomic E-state index is 5.58. The molecule has 0 heterocycles. The maximum Gasteiger partial charge on any atom is 0.0661 e. The molecule has 1 N–H and O–H groups in total. The highest BCUT2D eigenvalue weighted by atomic mass is 127. The Morgan fingerprint density at radius 2 is 2.12 bits per heavy atom. The Labute approximate surface area is 118 Å². The van der Waals surface area contributed by atoms with E-state index in [1.54, 1.807) is 0 Å². The van der Waals surface area contributed by atoms with Crippen molar-refractivity contribution >= 4 is 22.6 Å². The van der Waals surface area contributed by atoms with E-state index in [2.05, 4.69) is 60.0 Å². The van der Waals surface area contributed by atoms with Crippen LogP contribution >= 0.6 is 22.6 Å². The van der Waals surface area contributed by atoms with Gasteiger partial charge in [-0.1, -0.05) is 25.1 Å². The molecule has 0 spiro atoms. The average Bonchev–Trinajstić information content (AvgIpc) is 2.34. The third-order valence-electron chi connectivity index (χ3n) is 2.73. The van der Waals surface area contributed by atoms with Crippen LogP contribution in [-0.2, 0) is 4.74 Å². The Morgan fingerprint density at radius 3 is 2.76 bits per heavy atom. The van der Waals surface area contributed by atoms with Gasteiger partial charge >= 0.3 is 0 Å². The van der Waals surface area contributed by atoms with Crippen molar-refractivity contribution in [2.24, 2.45) is 0 Å². The van der Waals surface area contributed by atoms with Gasteiger partial charge in [-0.05, 0) is 60.5 Å². The van der Waals surface area contributed by atoms with Crippen molar-refractivity contribution in [2.75, 3.05) is 19.8 Å². The minimum Gasteiger partial charge on any atom is -0.380 e. The van der Waals surface area contributed by atoms with E-state index in [-0.39, 0.29) is 0 Å². The molecule has 17 heavy (non-hydrogen) atoms. The summed E-state index contributed by atoms with van der Waals surface area (Å²) in [6.45, 7) is 8.93. The van der Waals surface area contributed by atoms with E-state index >= 15 is 0 Å². The van der Waals surface area contributed by atoms with Crippen LogP contribution in [0.1, 0.15) is 37.4 Å². The molecule has 0 fully saturated rings. The largest absolute Gasteiger partial charge is 0.380 e. The van der Waals surface area contributed by atoms with Gasteiger partial charge < -0.3 is 10.1 Å². The molecule has 1 atom stereocenters. The number of nitrogens with one attached hydrogen (secondary N) is 1. The van der Waals surface area contributed by atoms with Crippen LogP contribution in [0.15, 0.2) is 18.2 Å². The highest BCUT2D eigenvalue weighted by molar-refractivity contribution is 14.1. The average molecular weight is 347 g/mol. The highest BCUT2D eigenvalue weighted by Gasteiger charge is 2.14. The van der Waals surface area contributed by atoms with Crippen LogP contribution in [0.2, 0.25) is 0 Å². The van der Waals surface area contributed by atoms with Crippen LogP contribution in [0.5, 0.6) is 0 Å². The second-order valence-electron chi connectivity index (χ2n) is 4.14. The molecule has 1 aromatic rings. The molecule has 0 amide bonds. The van der Waals surface area contributed by atoms with Gasteiger partial charge in [0, 0.05) is 10.2 Å². The van der Waals surface area contributed by atoms with E-state index in [9.17, 15) is 0 Å². The Balaban J connectivity index is 2.83. The fourth-order valence-corrected chi connectivity index (χ4v) is 2.49. The lowest BCUT2D eigenvalue weighted by atomic mass is 10.0. The van der Waals surface area contributed by atoms with Crippen molar-refractivity contribution in [1.82, 2.24) is 5.32 Å². The van der Waals surface area contributed by atoms with E-state index in [4.69, 9.17) is 4.74 Å². The molecule has 1 unspecified atom stereocenters. The molecule has 2 nitrogen and oxygen atoms in total.